The minimum atomic E-state index is -0.243. The van der Waals surface area contributed by atoms with Gasteiger partial charge in [-0.15, -0.1) is 0 Å². The molecular weight excluding hydrogens is 156 g/mol. The van der Waals surface area contributed by atoms with Crippen molar-refractivity contribution < 1.29 is 13.9 Å². The molecule has 1 rings (SSSR count). The van der Waals surface area contributed by atoms with Crippen LogP contribution in [0.1, 0.15) is 20.3 Å². The van der Waals surface area contributed by atoms with Gasteiger partial charge >= 0.3 is 5.97 Å². The van der Waals surface area contributed by atoms with Gasteiger partial charge in [0.15, 0.2) is 0 Å². The quantitative estimate of drug-likeness (QED) is 0.649. The summed E-state index contributed by atoms with van der Waals surface area (Å²) < 4.78 is 9.76. The maximum absolute atomic E-state index is 11.2. The molecule has 1 aromatic heterocycles. The highest BCUT2D eigenvalue weighted by Gasteiger charge is 2.13. The second-order valence-corrected chi connectivity index (χ2v) is 2.66. The van der Waals surface area contributed by atoms with Crippen LogP contribution in [0.3, 0.4) is 0 Å². The van der Waals surface area contributed by atoms with Crippen molar-refractivity contribution in [2.45, 2.75) is 20.3 Å². The summed E-state index contributed by atoms with van der Waals surface area (Å²) in [6.45, 7) is 3.76. The molecule has 0 spiro atoms. The maximum atomic E-state index is 11.2. The zero-order valence-electron chi connectivity index (χ0n) is 7.24. The molecule has 3 nitrogen and oxygen atoms in total. The summed E-state index contributed by atoms with van der Waals surface area (Å²) in [4.78, 5) is 11.2. The fourth-order valence-corrected chi connectivity index (χ4v) is 0.688. The van der Waals surface area contributed by atoms with E-state index in [0.717, 1.165) is 6.42 Å². The highest BCUT2D eigenvalue weighted by Crippen LogP contribution is 2.13. The topological polar surface area (TPSA) is 39.4 Å². The summed E-state index contributed by atoms with van der Waals surface area (Å²) in [7, 11) is 0. The lowest BCUT2D eigenvalue weighted by atomic mass is 10.1. The molecule has 1 heterocycles. The smallest absolute Gasteiger partial charge is 0.316 e. The molecule has 0 amide bonds. The van der Waals surface area contributed by atoms with Crippen molar-refractivity contribution in [3.8, 4) is 5.95 Å². The van der Waals surface area contributed by atoms with Crippen molar-refractivity contribution in [1.82, 2.24) is 0 Å². The second kappa shape index (κ2) is 3.95. The summed E-state index contributed by atoms with van der Waals surface area (Å²) in [5.74, 6) is -0.0529. The Morgan fingerprint density at radius 2 is 2.50 bits per heavy atom. The van der Waals surface area contributed by atoms with E-state index in [1.165, 1.54) is 6.26 Å². The van der Waals surface area contributed by atoms with E-state index >= 15 is 0 Å². The molecule has 0 aliphatic heterocycles. The summed E-state index contributed by atoms with van der Waals surface area (Å²) >= 11 is 0. The molecule has 1 aromatic rings. The number of carbonyl (C=O) groups is 1. The van der Waals surface area contributed by atoms with Crippen molar-refractivity contribution in [3.63, 3.8) is 0 Å². The molecule has 3 heteroatoms. The van der Waals surface area contributed by atoms with Crippen molar-refractivity contribution in [3.05, 3.63) is 18.4 Å². The van der Waals surface area contributed by atoms with Crippen molar-refractivity contribution in [2.75, 3.05) is 0 Å². The van der Waals surface area contributed by atoms with E-state index in [1.54, 1.807) is 12.1 Å². The van der Waals surface area contributed by atoms with Crippen LogP contribution in [0.4, 0.5) is 0 Å². The number of hydrogen-bond donors (Lipinski definition) is 0. The van der Waals surface area contributed by atoms with Gasteiger partial charge in [0, 0.05) is 6.07 Å². The Morgan fingerprint density at radius 3 is 3.00 bits per heavy atom. The first-order valence-electron chi connectivity index (χ1n) is 3.99. The van der Waals surface area contributed by atoms with Crippen LogP contribution in [0.25, 0.3) is 0 Å². The van der Waals surface area contributed by atoms with Crippen molar-refractivity contribution in [1.29, 1.82) is 0 Å². The zero-order valence-corrected chi connectivity index (χ0v) is 7.24. The fourth-order valence-electron chi connectivity index (χ4n) is 0.688. The first-order chi connectivity index (χ1) is 5.74. The minimum absolute atomic E-state index is 0.0740. The van der Waals surface area contributed by atoms with Crippen LogP contribution < -0.4 is 4.74 Å². The Labute approximate surface area is 71.3 Å². The van der Waals surface area contributed by atoms with Gasteiger partial charge in [-0.05, 0) is 12.5 Å². The average molecular weight is 168 g/mol. The molecule has 0 N–H and O–H groups in total. The molecular formula is C9H12O3. The molecule has 0 saturated carbocycles. The lowest BCUT2D eigenvalue weighted by Crippen LogP contribution is -2.16. The molecule has 0 radical (unpaired) electrons. The molecule has 66 valence electrons. The number of hydrogen-bond acceptors (Lipinski definition) is 3. The van der Waals surface area contributed by atoms with Gasteiger partial charge in [-0.3, -0.25) is 4.79 Å². The predicted molar refractivity (Wildman–Crippen MR) is 43.8 cm³/mol. The lowest BCUT2D eigenvalue weighted by Gasteiger charge is -2.05. The van der Waals surface area contributed by atoms with Crippen molar-refractivity contribution >= 4 is 5.97 Å². The van der Waals surface area contributed by atoms with Gasteiger partial charge in [-0.2, -0.15) is 0 Å². The van der Waals surface area contributed by atoms with E-state index in [4.69, 9.17) is 9.15 Å². The molecule has 0 unspecified atom stereocenters. The van der Waals surface area contributed by atoms with Gasteiger partial charge in [0.1, 0.15) is 0 Å². The third-order valence-corrected chi connectivity index (χ3v) is 1.71. The molecule has 0 aromatic carbocycles. The lowest BCUT2D eigenvalue weighted by molar-refractivity contribution is -0.139. The Kier molecular flexibility index (Phi) is 2.91. The molecule has 0 saturated heterocycles. The largest absolute Gasteiger partial charge is 0.434 e. The van der Waals surface area contributed by atoms with Gasteiger partial charge in [-0.25, -0.2) is 0 Å². The van der Waals surface area contributed by atoms with Crippen molar-refractivity contribution in [2.24, 2.45) is 5.92 Å². The summed E-state index contributed by atoms with van der Waals surface area (Å²) in [5.41, 5.74) is 0. The molecule has 0 aliphatic carbocycles. The van der Waals surface area contributed by atoms with Gasteiger partial charge in [-0.1, -0.05) is 13.8 Å². The number of ether oxygens (including phenoxy) is 1. The monoisotopic (exact) mass is 168 g/mol. The standard InChI is InChI=1S/C9H12O3/c1-3-7(2)9(10)12-8-5-4-6-11-8/h4-7H,3H2,1-2H3/t7-/m0/s1. The van der Waals surface area contributed by atoms with Crippen LogP contribution in [0, 0.1) is 5.92 Å². The van der Waals surface area contributed by atoms with E-state index in [-0.39, 0.29) is 17.8 Å². The molecule has 12 heavy (non-hydrogen) atoms. The molecule has 1 atom stereocenters. The summed E-state index contributed by atoms with van der Waals surface area (Å²) in [6.07, 6.45) is 2.25. The normalized spacial score (nSPS) is 12.5. The summed E-state index contributed by atoms with van der Waals surface area (Å²) in [5, 5.41) is 0. The van der Waals surface area contributed by atoms with Crippen LogP contribution in [0.2, 0.25) is 0 Å². The zero-order chi connectivity index (χ0) is 8.97. The van der Waals surface area contributed by atoms with Crippen LogP contribution in [-0.2, 0) is 4.79 Å². The highest BCUT2D eigenvalue weighted by atomic mass is 16.6. The fraction of sp³-hybridized carbons (Fsp3) is 0.444. The van der Waals surface area contributed by atoms with Gasteiger partial charge in [0.2, 0.25) is 0 Å². The van der Waals surface area contributed by atoms with E-state index < -0.39 is 0 Å². The van der Waals surface area contributed by atoms with E-state index in [1.807, 2.05) is 13.8 Å². The van der Waals surface area contributed by atoms with Crippen LogP contribution in [0.15, 0.2) is 22.8 Å². The number of furan rings is 1. The molecule has 0 aliphatic rings. The van der Waals surface area contributed by atoms with Crippen LogP contribution in [-0.4, -0.2) is 5.97 Å². The Bertz CT molecular complexity index is 238. The Morgan fingerprint density at radius 1 is 1.75 bits per heavy atom. The first-order valence-corrected chi connectivity index (χ1v) is 3.99. The Hall–Kier alpha value is -1.25. The van der Waals surface area contributed by atoms with E-state index in [9.17, 15) is 4.79 Å². The van der Waals surface area contributed by atoms with Crippen LogP contribution in [0.5, 0.6) is 5.95 Å². The number of rotatable bonds is 3. The summed E-state index contributed by atoms with van der Waals surface area (Å²) in [6, 6.07) is 3.29. The minimum Gasteiger partial charge on any atom is -0.434 e. The Balaban J connectivity index is 2.47. The first kappa shape index (κ1) is 8.84. The third kappa shape index (κ3) is 2.12. The van der Waals surface area contributed by atoms with E-state index in [2.05, 4.69) is 0 Å². The van der Waals surface area contributed by atoms with Gasteiger partial charge in [0.25, 0.3) is 5.95 Å². The number of esters is 1. The van der Waals surface area contributed by atoms with Gasteiger partial charge < -0.3 is 9.15 Å². The third-order valence-electron chi connectivity index (χ3n) is 1.71. The second-order valence-electron chi connectivity index (χ2n) is 2.66. The van der Waals surface area contributed by atoms with Crippen LogP contribution >= 0.6 is 0 Å². The van der Waals surface area contributed by atoms with E-state index in [0.29, 0.717) is 0 Å². The predicted octanol–water partition coefficient (Wildman–Crippen LogP) is 2.23. The number of carbonyl (C=O) groups excluding carboxylic acids is 1. The molecule has 0 bridgehead atoms. The SMILES string of the molecule is CC[C@H](C)C(=O)Oc1ccco1. The maximum Gasteiger partial charge on any atom is 0.316 e. The van der Waals surface area contributed by atoms with Gasteiger partial charge in [0.05, 0.1) is 12.2 Å². The molecule has 0 fully saturated rings. The highest BCUT2D eigenvalue weighted by molar-refractivity contribution is 5.74. The average Bonchev–Trinajstić information content (AvgIpc) is 2.55.